The van der Waals surface area contributed by atoms with Gasteiger partial charge in [0.1, 0.15) is 13.2 Å². The van der Waals surface area contributed by atoms with Crippen molar-refractivity contribution in [3.8, 4) is 0 Å². The van der Waals surface area contributed by atoms with Crippen LogP contribution in [0.25, 0.3) is 0 Å². The predicted octanol–water partition coefficient (Wildman–Crippen LogP) is 3.69. The molecule has 9 nitrogen and oxygen atoms in total. The Morgan fingerprint density at radius 3 is 1.41 bits per heavy atom. The molecule has 17 heteroatoms. The Kier molecular flexibility index (Phi) is 14.9. The van der Waals surface area contributed by atoms with Gasteiger partial charge in [-0.05, 0) is 0 Å². The van der Waals surface area contributed by atoms with Crippen molar-refractivity contribution in [3.63, 3.8) is 0 Å². The van der Waals surface area contributed by atoms with E-state index in [2.05, 4.69) is 48.2 Å². The lowest BCUT2D eigenvalue weighted by atomic mass is 10.1. The van der Waals surface area contributed by atoms with Gasteiger partial charge in [-0.2, -0.15) is 17.6 Å². The van der Waals surface area contributed by atoms with Crippen molar-refractivity contribution < 1.29 is 77.9 Å². The monoisotopic (exact) mass is 586 g/mol. The van der Waals surface area contributed by atoms with Crippen molar-refractivity contribution in [3.05, 3.63) is 38.0 Å². The second-order valence-corrected chi connectivity index (χ2v) is 7.49. The molecule has 39 heavy (non-hydrogen) atoms. The number of rotatable bonds is 21. The van der Waals surface area contributed by atoms with Gasteiger partial charge < -0.3 is 23.7 Å². The minimum absolute atomic E-state index is 0.564. The second-order valence-electron chi connectivity index (χ2n) is 7.49. The number of carbonyl (C=O) groups excluding carboxylic acids is 3. The van der Waals surface area contributed by atoms with Gasteiger partial charge in [0.15, 0.2) is 13.2 Å². The second kappa shape index (κ2) is 16.1. The van der Waals surface area contributed by atoms with Crippen LogP contribution in [0.1, 0.15) is 6.42 Å². The van der Waals surface area contributed by atoms with E-state index in [1.165, 1.54) is 0 Å². The average molecular weight is 586 g/mol. The number of hydrogen-bond donors (Lipinski definition) is 0. The largest absolute Gasteiger partial charge is 0.462 e. The van der Waals surface area contributed by atoms with Gasteiger partial charge in [0.05, 0.1) is 32.2 Å². The molecule has 0 bridgehead atoms. The van der Waals surface area contributed by atoms with Gasteiger partial charge >= 0.3 is 42.0 Å². The zero-order valence-electron chi connectivity index (χ0n) is 20.3. The fourth-order valence-corrected chi connectivity index (χ4v) is 2.16. The standard InChI is InChI=1S/C22H26F8O9/c1-4-16(31)36-8-7-21(27,28)39-22(29,30)15(9-34-11-19(23,24)13-37-17(32)5-2)10-35-12-20(25,26)14-38-18(33)6-3/h4-6,15H,1-3,7-14H2. The molecule has 0 rings (SSSR count). The highest BCUT2D eigenvalue weighted by Gasteiger charge is 2.50. The molecule has 224 valence electrons. The third-order valence-corrected chi connectivity index (χ3v) is 4.01. The Morgan fingerprint density at radius 2 is 1.03 bits per heavy atom. The van der Waals surface area contributed by atoms with E-state index < -0.39 is 101 Å². The van der Waals surface area contributed by atoms with Crippen molar-refractivity contribution >= 4 is 17.9 Å². The van der Waals surface area contributed by atoms with E-state index in [4.69, 9.17) is 0 Å². The smallest absolute Gasteiger partial charge is 0.367 e. The normalized spacial score (nSPS) is 12.5. The van der Waals surface area contributed by atoms with E-state index in [1.54, 1.807) is 0 Å². The molecule has 0 aromatic heterocycles. The van der Waals surface area contributed by atoms with E-state index in [-0.39, 0.29) is 0 Å². The lowest BCUT2D eigenvalue weighted by Gasteiger charge is -2.30. The van der Waals surface area contributed by atoms with Crippen molar-refractivity contribution in [2.75, 3.05) is 46.2 Å². The Bertz CT molecular complexity index is 807. The molecule has 0 fully saturated rings. The summed E-state index contributed by atoms with van der Waals surface area (Å²) in [7, 11) is 0. The SMILES string of the molecule is C=CC(=O)OCCC(F)(F)OC(F)(F)C(COCC(F)(F)COC(=O)C=C)COCC(F)(F)COC(=O)C=C. The van der Waals surface area contributed by atoms with Crippen molar-refractivity contribution in [1.82, 2.24) is 0 Å². The van der Waals surface area contributed by atoms with Crippen LogP contribution < -0.4 is 0 Å². The van der Waals surface area contributed by atoms with Crippen LogP contribution in [0.2, 0.25) is 0 Å². The summed E-state index contributed by atoms with van der Waals surface area (Å²) in [5.74, 6) is -14.1. The van der Waals surface area contributed by atoms with Crippen LogP contribution in [0.5, 0.6) is 0 Å². The molecule has 0 radical (unpaired) electrons. The van der Waals surface area contributed by atoms with E-state index in [9.17, 15) is 49.5 Å². The summed E-state index contributed by atoms with van der Waals surface area (Å²) in [6.07, 6.45) is -9.42. The Hall–Kier alpha value is -3.05. The van der Waals surface area contributed by atoms with Crippen LogP contribution in [0.15, 0.2) is 38.0 Å². The number of alkyl halides is 8. The fourth-order valence-electron chi connectivity index (χ4n) is 2.16. The zero-order valence-corrected chi connectivity index (χ0v) is 20.3. The molecule has 0 atom stereocenters. The number of halogens is 8. The van der Waals surface area contributed by atoms with Crippen LogP contribution in [0, 0.1) is 5.92 Å². The number of hydrogen-bond acceptors (Lipinski definition) is 9. The molecular weight excluding hydrogens is 560 g/mol. The fraction of sp³-hybridized carbons (Fsp3) is 0.591. The Labute approximate surface area is 217 Å². The molecule has 0 aliphatic rings. The van der Waals surface area contributed by atoms with Gasteiger partial charge in [0.2, 0.25) is 0 Å². The molecule has 0 saturated carbocycles. The molecule has 0 aliphatic carbocycles. The number of carbonyl (C=O) groups is 3. The van der Waals surface area contributed by atoms with Crippen molar-refractivity contribution in [2.45, 2.75) is 30.5 Å². The minimum Gasteiger partial charge on any atom is -0.462 e. The summed E-state index contributed by atoms with van der Waals surface area (Å²) < 4.78 is 137. The topological polar surface area (TPSA) is 107 Å². The quantitative estimate of drug-likeness (QED) is 0.0862. The zero-order chi connectivity index (χ0) is 30.3. The lowest BCUT2D eigenvalue weighted by Crippen LogP contribution is -2.45. The molecule has 0 aromatic carbocycles. The van der Waals surface area contributed by atoms with E-state index in [0.717, 1.165) is 0 Å². The molecule has 0 unspecified atom stereocenters. The van der Waals surface area contributed by atoms with E-state index >= 15 is 0 Å². The summed E-state index contributed by atoms with van der Waals surface area (Å²) in [6.45, 7) is -1.56. The number of esters is 3. The maximum Gasteiger partial charge on any atom is 0.367 e. The third-order valence-electron chi connectivity index (χ3n) is 4.01. The Morgan fingerprint density at radius 1 is 0.641 bits per heavy atom. The van der Waals surface area contributed by atoms with Gasteiger partial charge in [-0.25, -0.2) is 31.9 Å². The molecule has 0 spiro atoms. The van der Waals surface area contributed by atoms with Crippen LogP contribution in [0.4, 0.5) is 35.1 Å². The maximum absolute atomic E-state index is 14.6. The van der Waals surface area contributed by atoms with E-state index in [1.807, 2.05) is 0 Å². The Balaban J connectivity index is 5.35. The van der Waals surface area contributed by atoms with Crippen LogP contribution in [-0.2, 0) is 42.8 Å². The van der Waals surface area contributed by atoms with Crippen molar-refractivity contribution in [1.29, 1.82) is 0 Å². The molecule has 0 amide bonds. The maximum atomic E-state index is 14.6. The molecule has 0 saturated heterocycles. The van der Waals surface area contributed by atoms with Crippen LogP contribution >= 0.6 is 0 Å². The van der Waals surface area contributed by atoms with E-state index in [0.29, 0.717) is 18.2 Å². The summed E-state index contributed by atoms with van der Waals surface area (Å²) in [5, 5.41) is 0. The van der Waals surface area contributed by atoms with Crippen LogP contribution in [-0.4, -0.2) is 88.2 Å². The predicted molar refractivity (Wildman–Crippen MR) is 114 cm³/mol. The molecule has 0 aliphatic heterocycles. The van der Waals surface area contributed by atoms with Gasteiger partial charge in [-0.15, -0.1) is 0 Å². The highest BCUT2D eigenvalue weighted by molar-refractivity contribution is 5.81. The van der Waals surface area contributed by atoms with Gasteiger partial charge in [-0.1, -0.05) is 19.7 Å². The van der Waals surface area contributed by atoms with Gasteiger partial charge in [0, 0.05) is 18.2 Å². The number of ether oxygens (including phenoxy) is 6. The van der Waals surface area contributed by atoms with Gasteiger partial charge in [0.25, 0.3) is 0 Å². The highest BCUT2D eigenvalue weighted by Crippen LogP contribution is 2.36. The van der Waals surface area contributed by atoms with Crippen molar-refractivity contribution in [2.24, 2.45) is 5.92 Å². The highest BCUT2D eigenvalue weighted by atomic mass is 19.3. The first-order valence-corrected chi connectivity index (χ1v) is 10.6. The molecule has 0 aromatic rings. The lowest BCUT2D eigenvalue weighted by molar-refractivity contribution is -0.399. The summed E-state index contributed by atoms with van der Waals surface area (Å²) in [5.41, 5.74) is 0. The third kappa shape index (κ3) is 16.5. The average Bonchev–Trinajstić information content (AvgIpc) is 2.83. The molecular formula is C22H26F8O9. The summed E-state index contributed by atoms with van der Waals surface area (Å²) in [6, 6.07) is 0. The summed E-state index contributed by atoms with van der Waals surface area (Å²) in [4.78, 5) is 32.7. The molecule has 0 N–H and O–H groups in total. The molecule has 0 heterocycles. The first-order valence-electron chi connectivity index (χ1n) is 10.6. The first-order chi connectivity index (χ1) is 17.9. The summed E-state index contributed by atoms with van der Waals surface area (Å²) >= 11 is 0. The minimum atomic E-state index is -4.93. The van der Waals surface area contributed by atoms with Gasteiger partial charge in [-0.3, -0.25) is 4.74 Å². The van der Waals surface area contributed by atoms with Crippen LogP contribution in [0.3, 0.4) is 0 Å². The first kappa shape index (κ1) is 35.9.